The maximum atomic E-state index is 13.7. The van der Waals surface area contributed by atoms with Crippen LogP contribution in [0, 0.1) is 5.82 Å². The van der Waals surface area contributed by atoms with Crippen LogP contribution in [0.1, 0.15) is 25.8 Å². The average Bonchev–Trinajstić information content (AvgIpc) is 2.33. The van der Waals surface area contributed by atoms with Crippen molar-refractivity contribution in [3.05, 3.63) is 34.6 Å². The largest absolute Gasteiger partial charge is 0.465 e. The zero-order valence-electron chi connectivity index (χ0n) is 11.3. The fourth-order valence-corrected chi connectivity index (χ4v) is 1.97. The molecule has 0 heterocycles. The highest BCUT2D eigenvalue weighted by Gasteiger charge is 2.13. The van der Waals surface area contributed by atoms with Gasteiger partial charge in [-0.3, -0.25) is 9.69 Å². The van der Waals surface area contributed by atoms with Gasteiger partial charge in [-0.25, -0.2) is 4.39 Å². The lowest BCUT2D eigenvalue weighted by Crippen LogP contribution is -2.31. The molecule has 1 rings (SSSR count). The molecule has 0 aliphatic rings. The second-order valence-electron chi connectivity index (χ2n) is 4.25. The minimum Gasteiger partial charge on any atom is -0.465 e. The van der Waals surface area contributed by atoms with Gasteiger partial charge in [0.25, 0.3) is 0 Å². The topological polar surface area (TPSA) is 29.5 Å². The average molecular weight is 288 g/mol. The molecule has 1 aromatic carbocycles. The lowest BCUT2D eigenvalue weighted by molar-refractivity contribution is -0.144. The molecular weight excluding hydrogens is 269 g/mol. The highest BCUT2D eigenvalue weighted by molar-refractivity contribution is 6.30. The van der Waals surface area contributed by atoms with Crippen LogP contribution in [0.5, 0.6) is 0 Å². The molecule has 0 spiro atoms. The van der Waals surface area contributed by atoms with Crippen LogP contribution in [0.25, 0.3) is 0 Å². The number of ether oxygens (including phenoxy) is 1. The standard InChI is InChI=1S/C14H19ClFNO2/c1-3-7-17(10-14(18)19-4-2)9-11-5-6-12(15)8-13(11)16/h5-6,8H,3-4,7,9-10H2,1-2H3. The molecule has 0 fully saturated rings. The monoisotopic (exact) mass is 287 g/mol. The number of nitrogens with zero attached hydrogens (tertiary/aromatic N) is 1. The van der Waals surface area contributed by atoms with Crippen molar-refractivity contribution in [2.24, 2.45) is 0 Å². The molecule has 0 bridgehead atoms. The second-order valence-corrected chi connectivity index (χ2v) is 4.69. The Kier molecular flexibility index (Phi) is 6.81. The fourth-order valence-electron chi connectivity index (χ4n) is 1.81. The Labute approximate surface area is 118 Å². The van der Waals surface area contributed by atoms with E-state index in [9.17, 15) is 9.18 Å². The Hall–Kier alpha value is -1.13. The van der Waals surface area contributed by atoms with Crippen molar-refractivity contribution in [1.82, 2.24) is 4.90 Å². The summed E-state index contributed by atoms with van der Waals surface area (Å²) < 4.78 is 18.6. The number of benzene rings is 1. The van der Waals surface area contributed by atoms with E-state index in [-0.39, 0.29) is 18.3 Å². The first kappa shape index (κ1) is 15.9. The van der Waals surface area contributed by atoms with Crippen LogP contribution in [0.2, 0.25) is 5.02 Å². The normalized spacial score (nSPS) is 10.8. The number of esters is 1. The highest BCUT2D eigenvalue weighted by atomic mass is 35.5. The van der Waals surface area contributed by atoms with E-state index in [4.69, 9.17) is 16.3 Å². The first-order chi connectivity index (χ1) is 9.06. The van der Waals surface area contributed by atoms with Crippen LogP contribution in [0.4, 0.5) is 4.39 Å². The molecule has 5 heteroatoms. The fraction of sp³-hybridized carbons (Fsp3) is 0.500. The summed E-state index contributed by atoms with van der Waals surface area (Å²) in [5.74, 6) is -0.636. The summed E-state index contributed by atoms with van der Waals surface area (Å²) in [5.41, 5.74) is 0.530. The molecule has 106 valence electrons. The minimum atomic E-state index is -0.350. The maximum absolute atomic E-state index is 13.7. The van der Waals surface area contributed by atoms with Crippen LogP contribution in [-0.2, 0) is 16.1 Å². The Morgan fingerprint density at radius 1 is 1.42 bits per heavy atom. The number of hydrogen-bond donors (Lipinski definition) is 0. The van der Waals surface area contributed by atoms with E-state index in [0.717, 1.165) is 6.42 Å². The molecule has 0 aromatic heterocycles. The minimum absolute atomic E-state index is 0.170. The number of rotatable bonds is 7. The molecule has 0 amide bonds. The van der Waals surface area contributed by atoms with Crippen molar-refractivity contribution in [1.29, 1.82) is 0 Å². The van der Waals surface area contributed by atoms with Crippen molar-refractivity contribution < 1.29 is 13.9 Å². The molecule has 3 nitrogen and oxygen atoms in total. The number of carbonyl (C=O) groups excluding carboxylic acids is 1. The molecule has 0 saturated carbocycles. The molecule has 0 saturated heterocycles. The maximum Gasteiger partial charge on any atom is 0.320 e. The molecule has 0 aliphatic heterocycles. The van der Waals surface area contributed by atoms with E-state index < -0.39 is 0 Å². The predicted molar refractivity (Wildman–Crippen MR) is 73.6 cm³/mol. The van der Waals surface area contributed by atoms with Gasteiger partial charge in [0.05, 0.1) is 13.2 Å². The lowest BCUT2D eigenvalue weighted by atomic mass is 10.2. The van der Waals surface area contributed by atoms with Gasteiger partial charge < -0.3 is 4.74 Å². The summed E-state index contributed by atoms with van der Waals surface area (Å²) in [6.45, 7) is 5.38. The second kappa shape index (κ2) is 8.12. The Morgan fingerprint density at radius 2 is 2.16 bits per heavy atom. The SMILES string of the molecule is CCCN(CC(=O)OCC)Cc1ccc(Cl)cc1F. The molecule has 0 radical (unpaired) electrons. The zero-order chi connectivity index (χ0) is 14.3. The van der Waals surface area contributed by atoms with Gasteiger partial charge in [0.15, 0.2) is 0 Å². The number of hydrogen-bond acceptors (Lipinski definition) is 3. The predicted octanol–water partition coefficient (Wildman–Crippen LogP) is 3.25. The Bertz CT molecular complexity index is 426. The van der Waals surface area contributed by atoms with Gasteiger partial charge >= 0.3 is 5.97 Å². The van der Waals surface area contributed by atoms with Gasteiger partial charge in [-0.2, -0.15) is 0 Å². The van der Waals surface area contributed by atoms with Crippen molar-refractivity contribution in [3.8, 4) is 0 Å². The lowest BCUT2D eigenvalue weighted by Gasteiger charge is -2.20. The first-order valence-electron chi connectivity index (χ1n) is 6.38. The van der Waals surface area contributed by atoms with Crippen molar-refractivity contribution in [2.45, 2.75) is 26.8 Å². The van der Waals surface area contributed by atoms with E-state index in [1.807, 2.05) is 11.8 Å². The highest BCUT2D eigenvalue weighted by Crippen LogP contribution is 2.16. The van der Waals surface area contributed by atoms with Gasteiger partial charge in [0.2, 0.25) is 0 Å². The van der Waals surface area contributed by atoms with E-state index in [1.165, 1.54) is 6.07 Å². The van der Waals surface area contributed by atoms with Crippen LogP contribution in [-0.4, -0.2) is 30.6 Å². The van der Waals surface area contributed by atoms with Crippen LogP contribution >= 0.6 is 11.6 Å². The quantitative estimate of drug-likeness (QED) is 0.721. The Balaban J connectivity index is 2.69. The van der Waals surface area contributed by atoms with Crippen LogP contribution < -0.4 is 0 Å². The summed E-state index contributed by atoms with van der Waals surface area (Å²) in [5, 5.41) is 0.369. The van der Waals surface area contributed by atoms with Gasteiger partial charge in [-0.1, -0.05) is 24.6 Å². The molecule has 0 unspecified atom stereocenters. The van der Waals surface area contributed by atoms with Gasteiger partial charge in [0.1, 0.15) is 5.82 Å². The third-order valence-electron chi connectivity index (χ3n) is 2.61. The first-order valence-corrected chi connectivity index (χ1v) is 6.76. The van der Waals surface area contributed by atoms with Crippen molar-refractivity contribution in [2.75, 3.05) is 19.7 Å². The summed E-state index contributed by atoms with van der Waals surface area (Å²) in [6.07, 6.45) is 0.884. The molecule has 1 aromatic rings. The van der Waals surface area contributed by atoms with E-state index in [2.05, 4.69) is 0 Å². The zero-order valence-corrected chi connectivity index (χ0v) is 12.0. The van der Waals surface area contributed by atoms with Crippen LogP contribution in [0.15, 0.2) is 18.2 Å². The molecule has 0 atom stereocenters. The smallest absolute Gasteiger partial charge is 0.320 e. The summed E-state index contributed by atoms with van der Waals surface area (Å²) in [7, 11) is 0. The summed E-state index contributed by atoms with van der Waals surface area (Å²) in [4.78, 5) is 13.3. The molecule has 0 N–H and O–H groups in total. The molecule has 19 heavy (non-hydrogen) atoms. The molecule has 0 aliphatic carbocycles. The van der Waals surface area contributed by atoms with E-state index in [1.54, 1.807) is 19.1 Å². The number of halogens is 2. The van der Waals surface area contributed by atoms with E-state index in [0.29, 0.717) is 30.3 Å². The van der Waals surface area contributed by atoms with Gasteiger partial charge in [-0.05, 0) is 32.0 Å². The third-order valence-corrected chi connectivity index (χ3v) is 2.84. The summed E-state index contributed by atoms with van der Waals surface area (Å²) >= 11 is 5.71. The van der Waals surface area contributed by atoms with E-state index >= 15 is 0 Å². The third kappa shape index (κ3) is 5.57. The van der Waals surface area contributed by atoms with Gasteiger partial charge in [-0.15, -0.1) is 0 Å². The van der Waals surface area contributed by atoms with Crippen molar-refractivity contribution >= 4 is 17.6 Å². The van der Waals surface area contributed by atoms with Crippen LogP contribution in [0.3, 0.4) is 0 Å². The van der Waals surface area contributed by atoms with Crippen molar-refractivity contribution in [3.63, 3.8) is 0 Å². The Morgan fingerprint density at radius 3 is 2.74 bits per heavy atom. The molecular formula is C14H19ClFNO2. The number of carbonyl (C=O) groups is 1. The summed E-state index contributed by atoms with van der Waals surface area (Å²) in [6, 6.07) is 4.57. The van der Waals surface area contributed by atoms with Gasteiger partial charge in [0, 0.05) is 17.1 Å².